The van der Waals surface area contributed by atoms with Crippen molar-refractivity contribution in [3.8, 4) is 17.2 Å². The molecule has 35 heavy (non-hydrogen) atoms. The van der Waals surface area contributed by atoms with E-state index < -0.39 is 23.4 Å². The zero-order valence-corrected chi connectivity index (χ0v) is 19.4. The Kier molecular flexibility index (Phi) is 8.01. The first-order valence-electron chi connectivity index (χ1n) is 10.6. The lowest BCUT2D eigenvalue weighted by atomic mass is 10.1. The van der Waals surface area contributed by atoms with E-state index in [-0.39, 0.29) is 24.3 Å². The van der Waals surface area contributed by atoms with Crippen molar-refractivity contribution in [2.45, 2.75) is 12.6 Å². The zero-order chi connectivity index (χ0) is 25.6. The van der Waals surface area contributed by atoms with Crippen LogP contribution in [0, 0.1) is 0 Å². The Labute approximate surface area is 200 Å². The third kappa shape index (κ3) is 5.92. The monoisotopic (exact) mass is 487 g/mol. The molecule has 9 heteroatoms. The van der Waals surface area contributed by atoms with Crippen LogP contribution in [0.25, 0.3) is 0 Å². The molecule has 3 aromatic rings. The summed E-state index contributed by atoms with van der Waals surface area (Å²) >= 11 is 0. The van der Waals surface area contributed by atoms with Gasteiger partial charge in [0.15, 0.2) is 11.5 Å². The summed E-state index contributed by atoms with van der Waals surface area (Å²) in [6.45, 7) is 0.0283. The van der Waals surface area contributed by atoms with Gasteiger partial charge in [-0.25, -0.2) is 0 Å². The van der Waals surface area contributed by atoms with Crippen molar-refractivity contribution in [3.05, 3.63) is 83.4 Å². The van der Waals surface area contributed by atoms with E-state index in [0.717, 1.165) is 12.1 Å². The lowest BCUT2D eigenvalue weighted by Crippen LogP contribution is -2.38. The van der Waals surface area contributed by atoms with Gasteiger partial charge in [0.25, 0.3) is 11.7 Å². The zero-order valence-electron chi connectivity index (χ0n) is 19.4. The van der Waals surface area contributed by atoms with Gasteiger partial charge in [0.1, 0.15) is 5.75 Å². The van der Waals surface area contributed by atoms with Gasteiger partial charge in [0, 0.05) is 18.3 Å². The van der Waals surface area contributed by atoms with E-state index in [2.05, 4.69) is 0 Å². The Bertz CT molecular complexity index is 1190. The predicted molar refractivity (Wildman–Crippen MR) is 124 cm³/mol. The molecule has 0 atom stereocenters. The minimum absolute atomic E-state index is 0.0283. The molecule has 0 heterocycles. The summed E-state index contributed by atoms with van der Waals surface area (Å²) in [6.07, 6.45) is -4.24. The number of benzene rings is 3. The molecular formula is C26H24F3NO5. The molecule has 0 radical (unpaired) electrons. The number of alkyl halides is 3. The minimum atomic E-state index is -4.44. The molecule has 0 aromatic heterocycles. The van der Waals surface area contributed by atoms with E-state index in [4.69, 9.17) is 14.2 Å². The number of nitrogens with zero attached hydrogens (tertiary/aromatic N) is 1. The SMILES string of the molecule is COc1ccc(N(CCc2ccc(C(F)(F)F)cc2)C(=O)C(=O)c2ccccc2OC)cc1OC. The highest BCUT2D eigenvalue weighted by atomic mass is 19.4. The second kappa shape index (κ2) is 10.9. The minimum Gasteiger partial charge on any atom is -0.496 e. The maximum Gasteiger partial charge on any atom is 0.416 e. The largest absolute Gasteiger partial charge is 0.496 e. The van der Waals surface area contributed by atoms with Gasteiger partial charge in [-0.05, 0) is 48.4 Å². The van der Waals surface area contributed by atoms with Crippen LogP contribution in [0.3, 0.4) is 0 Å². The van der Waals surface area contributed by atoms with Crippen LogP contribution >= 0.6 is 0 Å². The number of ketones is 1. The van der Waals surface area contributed by atoms with Crippen molar-refractivity contribution in [3.63, 3.8) is 0 Å². The summed E-state index contributed by atoms with van der Waals surface area (Å²) in [5, 5.41) is 0. The van der Waals surface area contributed by atoms with E-state index in [9.17, 15) is 22.8 Å². The summed E-state index contributed by atoms with van der Waals surface area (Å²) in [5.41, 5.74) is 0.268. The first-order valence-corrected chi connectivity index (χ1v) is 10.6. The van der Waals surface area contributed by atoms with Crippen LogP contribution in [0.4, 0.5) is 18.9 Å². The number of carbonyl (C=O) groups is 2. The van der Waals surface area contributed by atoms with Crippen molar-refractivity contribution in [2.75, 3.05) is 32.8 Å². The lowest BCUT2D eigenvalue weighted by molar-refractivity contribution is -0.137. The van der Waals surface area contributed by atoms with Gasteiger partial charge in [0.05, 0.1) is 32.5 Å². The molecule has 0 unspecified atom stereocenters. The maximum atomic E-state index is 13.4. The molecule has 0 N–H and O–H groups in total. The Morgan fingerprint density at radius 1 is 0.800 bits per heavy atom. The average Bonchev–Trinajstić information content (AvgIpc) is 2.87. The number of methoxy groups -OCH3 is 3. The van der Waals surface area contributed by atoms with Gasteiger partial charge in [-0.2, -0.15) is 13.2 Å². The molecule has 6 nitrogen and oxygen atoms in total. The molecule has 0 aliphatic heterocycles. The number of ether oxygens (including phenoxy) is 3. The number of anilines is 1. The first-order chi connectivity index (χ1) is 16.7. The molecule has 0 saturated heterocycles. The Morgan fingerprint density at radius 3 is 2.03 bits per heavy atom. The third-order valence-electron chi connectivity index (χ3n) is 5.38. The Morgan fingerprint density at radius 2 is 1.43 bits per heavy atom. The van der Waals surface area contributed by atoms with Crippen LogP contribution < -0.4 is 19.1 Å². The average molecular weight is 487 g/mol. The van der Waals surface area contributed by atoms with E-state index in [0.29, 0.717) is 22.7 Å². The van der Waals surface area contributed by atoms with E-state index in [1.54, 1.807) is 36.4 Å². The number of para-hydroxylation sites is 1. The molecule has 0 aliphatic carbocycles. The van der Waals surface area contributed by atoms with Crippen molar-refractivity contribution < 1.29 is 37.0 Å². The van der Waals surface area contributed by atoms with Crippen LogP contribution in [0.5, 0.6) is 17.2 Å². The normalized spacial score (nSPS) is 11.0. The van der Waals surface area contributed by atoms with Gasteiger partial charge >= 0.3 is 6.18 Å². The van der Waals surface area contributed by atoms with Crippen LogP contribution in [0.1, 0.15) is 21.5 Å². The topological polar surface area (TPSA) is 65.1 Å². The molecule has 1 amide bonds. The number of halogens is 3. The molecule has 3 aromatic carbocycles. The number of Topliss-reactive ketones (excluding diaryl/α,β-unsaturated/α-hetero) is 1. The van der Waals surface area contributed by atoms with Gasteiger partial charge < -0.3 is 19.1 Å². The summed E-state index contributed by atoms with van der Waals surface area (Å²) in [6, 6.07) is 15.8. The van der Waals surface area contributed by atoms with Crippen molar-refractivity contribution >= 4 is 17.4 Å². The van der Waals surface area contributed by atoms with Gasteiger partial charge in [0.2, 0.25) is 0 Å². The van der Waals surface area contributed by atoms with Crippen molar-refractivity contribution in [2.24, 2.45) is 0 Å². The highest BCUT2D eigenvalue weighted by Gasteiger charge is 2.30. The third-order valence-corrected chi connectivity index (χ3v) is 5.38. The fourth-order valence-corrected chi connectivity index (χ4v) is 3.51. The Hall–Kier alpha value is -4.01. The number of carbonyl (C=O) groups excluding carboxylic acids is 2. The van der Waals surface area contributed by atoms with Crippen molar-refractivity contribution in [1.82, 2.24) is 0 Å². The molecule has 0 fully saturated rings. The molecule has 184 valence electrons. The standard InChI is InChI=1S/C26H24F3NO5/c1-33-21-7-5-4-6-20(21)24(31)25(32)30(19-12-13-22(34-2)23(16-19)35-3)15-14-17-8-10-18(11-9-17)26(27,28)29/h4-13,16H,14-15H2,1-3H3. The van der Waals surface area contributed by atoms with Gasteiger partial charge in [-0.1, -0.05) is 24.3 Å². The molecule has 0 spiro atoms. The van der Waals surface area contributed by atoms with Crippen LogP contribution in [0.2, 0.25) is 0 Å². The van der Waals surface area contributed by atoms with Crippen LogP contribution in [-0.2, 0) is 17.4 Å². The van der Waals surface area contributed by atoms with Gasteiger partial charge in [-0.3, -0.25) is 9.59 Å². The smallest absolute Gasteiger partial charge is 0.416 e. The first kappa shape index (κ1) is 25.6. The Balaban J connectivity index is 1.94. The van der Waals surface area contributed by atoms with E-state index in [1.165, 1.54) is 44.4 Å². The quantitative estimate of drug-likeness (QED) is 0.307. The molecule has 3 rings (SSSR count). The van der Waals surface area contributed by atoms with Crippen molar-refractivity contribution in [1.29, 1.82) is 0 Å². The molecule has 0 bridgehead atoms. The highest BCUT2D eigenvalue weighted by Crippen LogP contribution is 2.33. The summed E-state index contributed by atoms with van der Waals surface area (Å²) < 4.78 is 54.4. The fraction of sp³-hybridized carbons (Fsp3) is 0.231. The van der Waals surface area contributed by atoms with E-state index in [1.807, 2.05) is 0 Å². The second-order valence-corrected chi connectivity index (χ2v) is 7.47. The molecule has 0 aliphatic rings. The summed E-state index contributed by atoms with van der Waals surface area (Å²) in [7, 11) is 4.31. The predicted octanol–water partition coefficient (Wildman–Crippen LogP) is 5.19. The number of rotatable bonds is 9. The summed E-state index contributed by atoms with van der Waals surface area (Å²) in [5.74, 6) is -0.580. The van der Waals surface area contributed by atoms with E-state index >= 15 is 0 Å². The molecule has 0 saturated carbocycles. The van der Waals surface area contributed by atoms with Crippen LogP contribution in [0.15, 0.2) is 66.7 Å². The van der Waals surface area contributed by atoms with Crippen LogP contribution in [-0.4, -0.2) is 39.6 Å². The number of amides is 1. The maximum absolute atomic E-state index is 13.4. The van der Waals surface area contributed by atoms with Gasteiger partial charge in [-0.15, -0.1) is 0 Å². The number of hydrogen-bond acceptors (Lipinski definition) is 5. The highest BCUT2D eigenvalue weighted by molar-refractivity contribution is 6.47. The second-order valence-electron chi connectivity index (χ2n) is 7.47. The fourth-order valence-electron chi connectivity index (χ4n) is 3.51. The summed E-state index contributed by atoms with van der Waals surface area (Å²) in [4.78, 5) is 27.8. The lowest BCUT2D eigenvalue weighted by Gasteiger charge is -2.24. The molecular weight excluding hydrogens is 463 g/mol. The number of hydrogen-bond donors (Lipinski definition) is 0.